The van der Waals surface area contributed by atoms with E-state index in [-0.39, 0.29) is 0 Å². The van der Waals surface area contributed by atoms with Crippen LogP contribution in [0.3, 0.4) is 0 Å². The molecule has 1 heteroatoms. The number of aromatic nitrogens is 1. The van der Waals surface area contributed by atoms with E-state index in [9.17, 15) is 0 Å². The molecule has 0 aromatic carbocycles. The molecule has 0 saturated heterocycles. The fourth-order valence-electron chi connectivity index (χ4n) is 3.85. The second-order valence-corrected chi connectivity index (χ2v) is 7.23. The fraction of sp³-hybridized carbons (Fsp3) is 0.800. The highest BCUT2D eigenvalue weighted by molar-refractivity contribution is 5.35. The summed E-state index contributed by atoms with van der Waals surface area (Å²) in [6, 6.07) is 0. The number of aryl methyl sites for hydroxylation is 2. The minimum atomic E-state index is 0.357. The van der Waals surface area contributed by atoms with E-state index < -0.39 is 0 Å². The zero-order valence-corrected chi connectivity index (χ0v) is 15.4. The number of hydrogen-bond acceptors (Lipinski definition) is 0. The Balaban J connectivity index is 2.88. The van der Waals surface area contributed by atoms with Gasteiger partial charge in [-0.25, -0.2) is 0 Å². The highest BCUT2D eigenvalue weighted by atomic mass is 14.9. The predicted octanol–water partition coefficient (Wildman–Crippen LogP) is 6.45. The predicted molar refractivity (Wildman–Crippen MR) is 95.1 cm³/mol. The summed E-state index contributed by atoms with van der Waals surface area (Å²) >= 11 is 0. The summed E-state index contributed by atoms with van der Waals surface area (Å²) in [6.07, 6.45) is 14.5. The number of nitrogens with zero attached hydrogens (tertiary/aromatic N) is 1. The van der Waals surface area contributed by atoms with E-state index in [2.05, 4.69) is 52.4 Å². The van der Waals surface area contributed by atoms with Crippen molar-refractivity contribution in [1.82, 2.24) is 4.57 Å². The van der Waals surface area contributed by atoms with Crippen LogP contribution in [0.1, 0.15) is 95.4 Å². The lowest BCUT2D eigenvalue weighted by atomic mass is 9.75. The average molecular weight is 292 g/mol. The first-order valence-corrected chi connectivity index (χ1v) is 9.09. The van der Waals surface area contributed by atoms with Crippen molar-refractivity contribution >= 4 is 0 Å². The summed E-state index contributed by atoms with van der Waals surface area (Å²) in [7, 11) is 2.24. The van der Waals surface area contributed by atoms with E-state index in [0.717, 1.165) is 0 Å². The smallest absolute Gasteiger partial charge is 0.0263 e. The van der Waals surface area contributed by atoms with Crippen LogP contribution in [0.25, 0.3) is 0 Å². The van der Waals surface area contributed by atoms with Gasteiger partial charge in [-0.2, -0.15) is 0 Å². The first-order chi connectivity index (χ1) is 9.96. The van der Waals surface area contributed by atoms with Crippen LogP contribution in [-0.2, 0) is 12.5 Å². The molecule has 21 heavy (non-hydrogen) atoms. The molecule has 1 nitrogen and oxygen atoms in total. The zero-order valence-electron chi connectivity index (χ0n) is 15.4. The van der Waals surface area contributed by atoms with Crippen molar-refractivity contribution in [3.05, 3.63) is 23.0 Å². The van der Waals surface area contributed by atoms with Crippen LogP contribution >= 0.6 is 0 Å². The molecule has 0 spiro atoms. The normalized spacial score (nSPS) is 14.4. The van der Waals surface area contributed by atoms with E-state index in [0.29, 0.717) is 5.41 Å². The van der Waals surface area contributed by atoms with Gasteiger partial charge >= 0.3 is 0 Å². The molecular weight excluding hydrogens is 254 g/mol. The summed E-state index contributed by atoms with van der Waals surface area (Å²) in [5, 5.41) is 0. The first kappa shape index (κ1) is 18.3. The Bertz CT molecular complexity index is 416. The van der Waals surface area contributed by atoms with E-state index in [4.69, 9.17) is 0 Å². The molecule has 1 aromatic heterocycles. The maximum atomic E-state index is 2.51. The summed E-state index contributed by atoms with van der Waals surface area (Å²) in [5.41, 5.74) is 4.91. The molecular formula is C20H37N. The number of unbranched alkanes of at least 4 members (excludes halogenated alkanes) is 5. The van der Waals surface area contributed by atoms with Crippen molar-refractivity contribution in [2.45, 2.75) is 97.8 Å². The van der Waals surface area contributed by atoms with Crippen LogP contribution in [0, 0.1) is 13.8 Å². The molecule has 0 aliphatic rings. The molecule has 1 heterocycles. The second-order valence-electron chi connectivity index (χ2n) is 7.23. The van der Waals surface area contributed by atoms with E-state index in [1.807, 2.05) is 0 Å². The summed E-state index contributed by atoms with van der Waals surface area (Å²) in [6.45, 7) is 11.7. The van der Waals surface area contributed by atoms with Crippen molar-refractivity contribution < 1.29 is 0 Å². The highest BCUT2D eigenvalue weighted by Gasteiger charge is 2.30. The lowest BCUT2D eigenvalue weighted by Crippen LogP contribution is -2.26. The molecule has 0 amide bonds. The number of rotatable bonds is 10. The molecule has 1 rings (SSSR count). The Labute approximate surface area is 133 Å². The molecule has 0 radical (unpaired) electrons. The van der Waals surface area contributed by atoms with Crippen molar-refractivity contribution in [3.8, 4) is 0 Å². The molecule has 0 N–H and O–H groups in total. The van der Waals surface area contributed by atoms with Crippen LogP contribution in [0.5, 0.6) is 0 Å². The van der Waals surface area contributed by atoms with Crippen LogP contribution in [0.2, 0.25) is 0 Å². The van der Waals surface area contributed by atoms with Crippen LogP contribution < -0.4 is 0 Å². The SMILES string of the molecule is CCCCCCC(C)(CCCCC)c1c(C)c(C)cn1C. The van der Waals surface area contributed by atoms with Crippen LogP contribution in [0.4, 0.5) is 0 Å². The van der Waals surface area contributed by atoms with E-state index in [1.165, 1.54) is 68.9 Å². The lowest BCUT2D eigenvalue weighted by Gasteiger charge is -2.32. The lowest BCUT2D eigenvalue weighted by molar-refractivity contribution is 0.347. The summed E-state index contributed by atoms with van der Waals surface area (Å²) in [4.78, 5) is 0. The highest BCUT2D eigenvalue weighted by Crippen LogP contribution is 2.38. The van der Waals surface area contributed by atoms with Gasteiger partial charge in [0.15, 0.2) is 0 Å². The number of hydrogen-bond donors (Lipinski definition) is 0. The monoisotopic (exact) mass is 291 g/mol. The van der Waals surface area contributed by atoms with Crippen molar-refractivity contribution in [2.75, 3.05) is 0 Å². The summed E-state index contributed by atoms with van der Waals surface area (Å²) < 4.78 is 2.40. The molecule has 1 unspecified atom stereocenters. The maximum Gasteiger partial charge on any atom is 0.0263 e. The van der Waals surface area contributed by atoms with Gasteiger partial charge in [0.1, 0.15) is 0 Å². The molecule has 0 saturated carbocycles. The molecule has 0 fully saturated rings. The Morgan fingerprint density at radius 1 is 0.905 bits per heavy atom. The van der Waals surface area contributed by atoms with E-state index >= 15 is 0 Å². The second kappa shape index (κ2) is 8.66. The van der Waals surface area contributed by atoms with Crippen molar-refractivity contribution in [2.24, 2.45) is 7.05 Å². The van der Waals surface area contributed by atoms with Crippen LogP contribution in [-0.4, -0.2) is 4.57 Å². The summed E-state index contributed by atoms with van der Waals surface area (Å²) in [5.74, 6) is 0. The third-order valence-corrected chi connectivity index (χ3v) is 5.17. The quantitative estimate of drug-likeness (QED) is 0.436. The average Bonchev–Trinajstić information content (AvgIpc) is 2.69. The third-order valence-electron chi connectivity index (χ3n) is 5.17. The van der Waals surface area contributed by atoms with Gasteiger partial charge in [-0.1, -0.05) is 65.7 Å². The topological polar surface area (TPSA) is 4.93 Å². The van der Waals surface area contributed by atoms with Crippen LogP contribution in [0.15, 0.2) is 6.20 Å². The minimum Gasteiger partial charge on any atom is -0.353 e. The Kier molecular flexibility index (Phi) is 7.56. The fourth-order valence-corrected chi connectivity index (χ4v) is 3.85. The minimum absolute atomic E-state index is 0.357. The van der Waals surface area contributed by atoms with Gasteiger partial charge in [0.2, 0.25) is 0 Å². The molecule has 122 valence electrons. The molecule has 0 bridgehead atoms. The van der Waals surface area contributed by atoms with E-state index in [1.54, 1.807) is 5.69 Å². The Morgan fingerprint density at radius 3 is 1.90 bits per heavy atom. The van der Waals surface area contributed by atoms with Gasteiger partial charge in [0.25, 0.3) is 0 Å². The molecule has 1 atom stereocenters. The largest absolute Gasteiger partial charge is 0.353 e. The van der Waals surface area contributed by atoms with Gasteiger partial charge in [-0.05, 0) is 37.8 Å². The van der Waals surface area contributed by atoms with Gasteiger partial charge in [0.05, 0.1) is 0 Å². The van der Waals surface area contributed by atoms with Gasteiger partial charge in [0, 0.05) is 24.4 Å². The molecule has 0 aliphatic carbocycles. The first-order valence-electron chi connectivity index (χ1n) is 9.09. The molecule has 1 aromatic rings. The van der Waals surface area contributed by atoms with Gasteiger partial charge in [-0.3, -0.25) is 0 Å². The zero-order chi connectivity index (χ0) is 15.9. The standard InChI is InChI=1S/C20H37N/c1-7-9-11-13-15-20(5,14-12-10-8-2)19-18(4)17(3)16-21(19)6/h16H,7-15H2,1-6H3. The molecule has 0 aliphatic heterocycles. The van der Waals surface area contributed by atoms with Crippen molar-refractivity contribution in [3.63, 3.8) is 0 Å². The third kappa shape index (κ3) is 4.90. The Morgan fingerprint density at radius 2 is 1.43 bits per heavy atom. The van der Waals surface area contributed by atoms with Gasteiger partial charge < -0.3 is 4.57 Å². The Hall–Kier alpha value is -0.720. The maximum absolute atomic E-state index is 2.51. The van der Waals surface area contributed by atoms with Crippen molar-refractivity contribution in [1.29, 1.82) is 0 Å². The van der Waals surface area contributed by atoms with Gasteiger partial charge in [-0.15, -0.1) is 0 Å².